The molecule has 2 rings (SSSR count). The van der Waals surface area contributed by atoms with Crippen LogP contribution in [-0.4, -0.2) is 25.8 Å². The second-order valence-electron chi connectivity index (χ2n) is 7.61. The zero-order chi connectivity index (χ0) is 23.3. The van der Waals surface area contributed by atoms with Gasteiger partial charge >= 0.3 is 0 Å². The normalized spacial score (nSPS) is 14.4. The third kappa shape index (κ3) is 5.87. The molecule has 9 heteroatoms. The van der Waals surface area contributed by atoms with E-state index in [0.29, 0.717) is 18.1 Å². The molecule has 0 amide bonds. The first-order valence-electron chi connectivity index (χ1n) is 10.3. The van der Waals surface area contributed by atoms with E-state index in [1.54, 1.807) is 0 Å². The number of nitrogens with zero attached hydrogens (tertiary/aromatic N) is 1. The molecule has 0 fully saturated rings. The summed E-state index contributed by atoms with van der Waals surface area (Å²) in [4.78, 5) is 3.83. The average molecular weight is 522 g/mol. The van der Waals surface area contributed by atoms with Crippen LogP contribution in [0.2, 0.25) is 18.1 Å². The fraction of sp³-hybridized carbons (Fsp3) is 0.500. The first-order chi connectivity index (χ1) is 14.5. The quantitative estimate of drug-likeness (QED) is 0.174. The maximum Gasteiger partial charge on any atom is 0.282 e. The second-order valence-corrected chi connectivity index (χ2v) is 13.1. The van der Waals surface area contributed by atoms with E-state index in [0.717, 1.165) is 18.2 Å². The van der Waals surface area contributed by atoms with Crippen molar-refractivity contribution in [2.45, 2.75) is 63.8 Å². The van der Waals surface area contributed by atoms with Crippen molar-refractivity contribution < 1.29 is 26.7 Å². The van der Waals surface area contributed by atoms with Crippen molar-refractivity contribution in [2.75, 3.05) is 6.61 Å². The van der Waals surface area contributed by atoms with Gasteiger partial charge in [0.1, 0.15) is 16.0 Å². The van der Waals surface area contributed by atoms with Crippen LogP contribution < -0.4 is 4.74 Å². The highest BCUT2D eigenvalue weighted by molar-refractivity contribution is 9.10. The number of halogens is 5. The minimum atomic E-state index is -3.32. The van der Waals surface area contributed by atoms with Gasteiger partial charge in [-0.2, -0.15) is 0 Å². The fourth-order valence-corrected chi connectivity index (χ4v) is 6.89. The summed E-state index contributed by atoms with van der Waals surface area (Å²) in [5.41, 5.74) is -1.73. The molecular weight excluding hydrogens is 494 g/mol. The third-order valence-electron chi connectivity index (χ3n) is 5.89. The summed E-state index contributed by atoms with van der Waals surface area (Å²) in [6, 6.07) is 9.51. The van der Waals surface area contributed by atoms with Gasteiger partial charge in [0.25, 0.3) is 5.92 Å². The molecule has 1 heterocycles. The third-order valence-corrected chi connectivity index (χ3v) is 11.2. The summed E-state index contributed by atoms with van der Waals surface area (Å²) in [5, 5.41) is 0. The number of alkyl halides is 2. The molecule has 1 aromatic heterocycles. The Morgan fingerprint density at radius 1 is 0.968 bits per heavy atom. The number of ether oxygens (including phenoxy) is 1. The van der Waals surface area contributed by atoms with Gasteiger partial charge in [0.15, 0.2) is 14.1 Å². The molecule has 31 heavy (non-hydrogen) atoms. The van der Waals surface area contributed by atoms with E-state index < -0.39 is 37.9 Å². The van der Waals surface area contributed by atoms with E-state index in [1.165, 1.54) is 25.1 Å². The highest BCUT2D eigenvalue weighted by Gasteiger charge is 2.55. The summed E-state index contributed by atoms with van der Waals surface area (Å²) in [7, 11) is -2.45. The van der Waals surface area contributed by atoms with Crippen molar-refractivity contribution >= 4 is 24.2 Å². The van der Waals surface area contributed by atoms with Crippen molar-refractivity contribution in [2.24, 2.45) is 0 Å². The summed E-state index contributed by atoms with van der Waals surface area (Å²) in [6.45, 7) is 6.91. The molecule has 0 N–H and O–H groups in total. The van der Waals surface area contributed by atoms with Crippen molar-refractivity contribution in [3.8, 4) is 5.88 Å². The molecule has 0 saturated carbocycles. The summed E-state index contributed by atoms with van der Waals surface area (Å²) < 4.78 is 69.8. The largest absolute Gasteiger partial charge is 0.477 e. The molecule has 3 nitrogen and oxygen atoms in total. The van der Waals surface area contributed by atoms with Gasteiger partial charge in [0, 0.05) is 12.5 Å². The predicted octanol–water partition coefficient (Wildman–Crippen LogP) is 7.46. The molecule has 0 aliphatic heterocycles. The molecule has 0 radical (unpaired) electrons. The number of hydrogen-bond acceptors (Lipinski definition) is 3. The van der Waals surface area contributed by atoms with Crippen LogP contribution in [0.5, 0.6) is 5.88 Å². The lowest BCUT2D eigenvalue weighted by molar-refractivity contribution is -0.175. The minimum absolute atomic E-state index is 0.0351. The van der Waals surface area contributed by atoms with E-state index in [-0.39, 0.29) is 22.7 Å². The molecule has 172 valence electrons. The minimum Gasteiger partial charge on any atom is -0.477 e. The first kappa shape index (κ1) is 25.8. The Morgan fingerprint density at radius 2 is 1.55 bits per heavy atom. The summed E-state index contributed by atoms with van der Waals surface area (Å²) >= 11 is 2.94. The molecule has 1 aromatic carbocycles. The number of benzene rings is 1. The van der Waals surface area contributed by atoms with Crippen LogP contribution in [0.4, 0.5) is 17.6 Å². The number of hydrogen-bond donors (Lipinski definition) is 0. The highest BCUT2D eigenvalue weighted by Crippen LogP contribution is 2.46. The Labute approximate surface area is 190 Å². The number of rotatable bonds is 11. The van der Waals surface area contributed by atoms with Gasteiger partial charge in [0.2, 0.25) is 5.88 Å². The molecule has 0 bridgehead atoms. The predicted molar refractivity (Wildman–Crippen MR) is 119 cm³/mol. The van der Waals surface area contributed by atoms with Crippen molar-refractivity contribution in [3.63, 3.8) is 0 Å². The number of pyridine rings is 1. The van der Waals surface area contributed by atoms with Crippen LogP contribution in [0.25, 0.3) is 0 Å². The standard InChI is InChI=1S/C22H28BrF4NO2Si/c1-5-31(6-2,7-3)30-21(4,16-8-10-17(24)11-9-16)22(26,27)14-15-29-19-13-12-18(25)20(23)28-19/h8-13H,5-7,14-15H2,1-4H3. The Balaban J connectivity index is 2.31. The zero-order valence-electron chi connectivity index (χ0n) is 18.2. The van der Waals surface area contributed by atoms with Gasteiger partial charge in [-0.25, -0.2) is 22.5 Å². The van der Waals surface area contributed by atoms with E-state index >= 15 is 8.78 Å². The van der Waals surface area contributed by atoms with Crippen molar-refractivity contribution in [1.29, 1.82) is 0 Å². The van der Waals surface area contributed by atoms with E-state index in [1.807, 2.05) is 20.8 Å². The van der Waals surface area contributed by atoms with Crippen LogP contribution >= 0.6 is 15.9 Å². The zero-order valence-corrected chi connectivity index (χ0v) is 20.7. The number of aromatic nitrogens is 1. The molecule has 1 unspecified atom stereocenters. The van der Waals surface area contributed by atoms with Crippen LogP contribution in [-0.2, 0) is 10.0 Å². The lowest BCUT2D eigenvalue weighted by atomic mass is 9.87. The molecule has 0 spiro atoms. The lowest BCUT2D eigenvalue weighted by Crippen LogP contribution is -2.53. The monoisotopic (exact) mass is 521 g/mol. The second kappa shape index (κ2) is 10.4. The Hall–Kier alpha value is -1.45. The summed E-state index contributed by atoms with van der Waals surface area (Å²) in [5.74, 6) is -4.36. The first-order valence-corrected chi connectivity index (χ1v) is 13.6. The maximum atomic E-state index is 15.7. The van der Waals surface area contributed by atoms with Gasteiger partial charge in [-0.3, -0.25) is 0 Å². The SMILES string of the molecule is CC[Si](CC)(CC)OC(C)(c1ccc(F)cc1)C(F)(F)CCOc1ccc(F)c(Br)n1. The van der Waals surface area contributed by atoms with Crippen molar-refractivity contribution in [1.82, 2.24) is 4.98 Å². The van der Waals surface area contributed by atoms with Gasteiger partial charge in [0.05, 0.1) is 6.61 Å². The van der Waals surface area contributed by atoms with E-state index in [2.05, 4.69) is 20.9 Å². The smallest absolute Gasteiger partial charge is 0.282 e. The van der Waals surface area contributed by atoms with Crippen LogP contribution in [0.15, 0.2) is 41.0 Å². The lowest BCUT2D eigenvalue weighted by Gasteiger charge is -2.45. The Morgan fingerprint density at radius 3 is 2.06 bits per heavy atom. The fourth-order valence-electron chi connectivity index (χ4n) is 3.52. The van der Waals surface area contributed by atoms with Gasteiger partial charge in [-0.15, -0.1) is 0 Å². The van der Waals surface area contributed by atoms with Crippen LogP contribution in [0.3, 0.4) is 0 Å². The maximum absolute atomic E-state index is 15.7. The van der Waals surface area contributed by atoms with Crippen LogP contribution in [0, 0.1) is 11.6 Å². The van der Waals surface area contributed by atoms with Crippen LogP contribution in [0.1, 0.15) is 39.7 Å². The van der Waals surface area contributed by atoms with E-state index in [4.69, 9.17) is 9.16 Å². The Kier molecular flexibility index (Phi) is 8.69. The summed E-state index contributed by atoms with van der Waals surface area (Å²) in [6.07, 6.45) is -0.654. The average Bonchev–Trinajstić information content (AvgIpc) is 2.75. The van der Waals surface area contributed by atoms with E-state index in [9.17, 15) is 8.78 Å². The van der Waals surface area contributed by atoms with Gasteiger partial charge in [-0.1, -0.05) is 32.9 Å². The Bertz CT molecular complexity index is 857. The molecule has 0 aliphatic carbocycles. The topological polar surface area (TPSA) is 31.4 Å². The molecular formula is C22H28BrF4NO2Si. The van der Waals surface area contributed by atoms with Gasteiger partial charge in [-0.05, 0) is 64.7 Å². The molecule has 1 atom stereocenters. The van der Waals surface area contributed by atoms with Gasteiger partial charge < -0.3 is 9.16 Å². The highest BCUT2D eigenvalue weighted by atomic mass is 79.9. The molecule has 2 aromatic rings. The van der Waals surface area contributed by atoms with Crippen molar-refractivity contribution in [3.05, 3.63) is 58.2 Å². The molecule has 0 saturated heterocycles. The molecule has 0 aliphatic rings.